The number of hydrogen-bond donors (Lipinski definition) is 0. The maximum absolute atomic E-state index is 13.5. The summed E-state index contributed by atoms with van der Waals surface area (Å²) in [4.78, 5) is 15.4. The Morgan fingerprint density at radius 2 is 1.70 bits per heavy atom. The summed E-state index contributed by atoms with van der Waals surface area (Å²) in [6, 6.07) is 14.0. The Bertz CT molecular complexity index is 1060. The molecule has 1 amide bonds. The predicted octanol–water partition coefficient (Wildman–Crippen LogP) is 4.54. The quantitative estimate of drug-likeness (QED) is 0.640. The van der Waals surface area contributed by atoms with Gasteiger partial charge in [-0.3, -0.25) is 4.79 Å². The first kappa shape index (κ1) is 20.3. The second-order valence-corrected chi connectivity index (χ2v) is 8.09. The molecule has 1 aromatic heterocycles. The summed E-state index contributed by atoms with van der Waals surface area (Å²) >= 11 is 0. The highest BCUT2D eigenvalue weighted by molar-refractivity contribution is 5.94. The minimum atomic E-state index is -0.305. The summed E-state index contributed by atoms with van der Waals surface area (Å²) in [5, 5.41) is 4.75. The number of nitrogens with zero attached hydrogens (tertiary/aromatic N) is 3. The van der Waals surface area contributed by atoms with Crippen molar-refractivity contribution in [1.29, 1.82) is 0 Å². The number of aromatic nitrogens is 2. The number of ether oxygens (including phenoxy) is 1. The van der Waals surface area contributed by atoms with Crippen molar-refractivity contribution in [2.24, 2.45) is 0 Å². The van der Waals surface area contributed by atoms with Gasteiger partial charge in [-0.2, -0.15) is 5.10 Å². The number of amides is 1. The third-order valence-electron chi connectivity index (χ3n) is 5.37. The molecule has 0 radical (unpaired) electrons. The molecule has 0 spiro atoms. The van der Waals surface area contributed by atoms with Gasteiger partial charge in [-0.25, -0.2) is 9.07 Å². The molecular formula is C24H26FN3O2. The molecule has 6 heteroatoms. The summed E-state index contributed by atoms with van der Waals surface area (Å²) in [6.45, 7) is 9.03. The Labute approximate surface area is 176 Å². The second kappa shape index (κ2) is 8.03. The average Bonchev–Trinajstić information content (AvgIpc) is 3.14. The minimum Gasteiger partial charge on any atom is -0.372 e. The number of aryl methyl sites for hydroxylation is 2. The molecule has 4 rings (SSSR count). The molecule has 2 unspecified atom stereocenters. The van der Waals surface area contributed by atoms with Gasteiger partial charge in [-0.15, -0.1) is 0 Å². The maximum Gasteiger partial charge on any atom is 0.272 e. The Balaban J connectivity index is 1.82. The molecule has 2 aromatic carbocycles. The number of carbonyl (C=O) groups is 1. The summed E-state index contributed by atoms with van der Waals surface area (Å²) in [5.41, 5.74) is 4.85. The number of morpholine rings is 1. The van der Waals surface area contributed by atoms with Crippen LogP contribution in [-0.4, -0.2) is 45.9 Å². The van der Waals surface area contributed by atoms with E-state index < -0.39 is 0 Å². The SMILES string of the molecule is Cc1ccc(C)c(-n2nc(-c3ccc(F)cc3)cc2C(=O)N2CC(C)OC(C)C2)c1. The van der Waals surface area contributed by atoms with Crippen LogP contribution in [0, 0.1) is 19.7 Å². The molecular weight excluding hydrogens is 381 g/mol. The van der Waals surface area contributed by atoms with E-state index in [1.54, 1.807) is 22.9 Å². The van der Waals surface area contributed by atoms with Gasteiger partial charge in [0.15, 0.2) is 0 Å². The monoisotopic (exact) mass is 407 g/mol. The summed E-state index contributed by atoms with van der Waals surface area (Å²) in [7, 11) is 0. The van der Waals surface area contributed by atoms with Crippen molar-refractivity contribution in [3.05, 3.63) is 71.2 Å². The van der Waals surface area contributed by atoms with Gasteiger partial charge in [0.2, 0.25) is 0 Å². The van der Waals surface area contributed by atoms with E-state index in [1.165, 1.54) is 12.1 Å². The van der Waals surface area contributed by atoms with Crippen molar-refractivity contribution in [3.63, 3.8) is 0 Å². The van der Waals surface area contributed by atoms with Gasteiger partial charge in [0, 0.05) is 18.7 Å². The highest BCUT2D eigenvalue weighted by atomic mass is 19.1. The molecule has 1 aliphatic heterocycles. The molecule has 0 N–H and O–H groups in total. The lowest BCUT2D eigenvalue weighted by Crippen LogP contribution is -2.48. The highest BCUT2D eigenvalue weighted by Crippen LogP contribution is 2.26. The standard InChI is InChI=1S/C24H26FN3O2/c1-15-5-6-16(2)22(11-15)28-23(24(29)27-13-17(3)30-18(4)14-27)12-21(26-28)19-7-9-20(25)10-8-19/h5-12,17-18H,13-14H2,1-4H3. The van der Waals surface area contributed by atoms with Crippen molar-refractivity contribution < 1.29 is 13.9 Å². The fraction of sp³-hybridized carbons (Fsp3) is 0.333. The zero-order valence-electron chi connectivity index (χ0n) is 17.7. The number of carbonyl (C=O) groups excluding carboxylic acids is 1. The molecule has 0 saturated carbocycles. The van der Waals surface area contributed by atoms with E-state index in [2.05, 4.69) is 0 Å². The zero-order valence-corrected chi connectivity index (χ0v) is 17.7. The molecule has 30 heavy (non-hydrogen) atoms. The van der Waals surface area contributed by atoms with E-state index in [4.69, 9.17) is 9.84 Å². The first-order valence-corrected chi connectivity index (χ1v) is 10.2. The van der Waals surface area contributed by atoms with Crippen LogP contribution in [0.15, 0.2) is 48.5 Å². The molecule has 2 atom stereocenters. The molecule has 2 heterocycles. The van der Waals surface area contributed by atoms with Crippen LogP contribution in [0.4, 0.5) is 4.39 Å². The van der Waals surface area contributed by atoms with Crippen molar-refractivity contribution in [2.45, 2.75) is 39.9 Å². The molecule has 1 saturated heterocycles. The Hall–Kier alpha value is -2.99. The highest BCUT2D eigenvalue weighted by Gasteiger charge is 2.29. The molecule has 5 nitrogen and oxygen atoms in total. The normalized spacial score (nSPS) is 19.2. The first-order valence-electron chi connectivity index (χ1n) is 10.2. The van der Waals surface area contributed by atoms with E-state index in [9.17, 15) is 9.18 Å². The second-order valence-electron chi connectivity index (χ2n) is 8.09. The van der Waals surface area contributed by atoms with E-state index in [-0.39, 0.29) is 23.9 Å². The van der Waals surface area contributed by atoms with Crippen LogP contribution in [-0.2, 0) is 4.74 Å². The molecule has 1 aliphatic rings. The number of rotatable bonds is 3. The largest absolute Gasteiger partial charge is 0.372 e. The molecule has 156 valence electrons. The number of benzene rings is 2. The third kappa shape index (κ3) is 4.00. The molecule has 0 bridgehead atoms. The smallest absolute Gasteiger partial charge is 0.272 e. The lowest BCUT2D eigenvalue weighted by atomic mass is 10.1. The predicted molar refractivity (Wildman–Crippen MR) is 114 cm³/mol. The number of halogens is 1. The van der Waals surface area contributed by atoms with Crippen LogP contribution in [0.5, 0.6) is 0 Å². The maximum atomic E-state index is 13.5. The molecule has 1 fully saturated rings. The van der Waals surface area contributed by atoms with Crippen LogP contribution in [0.2, 0.25) is 0 Å². The van der Waals surface area contributed by atoms with E-state index in [0.717, 1.165) is 22.4 Å². The Morgan fingerprint density at radius 3 is 2.37 bits per heavy atom. The van der Waals surface area contributed by atoms with Crippen molar-refractivity contribution >= 4 is 5.91 Å². The van der Waals surface area contributed by atoms with Gasteiger partial charge in [-0.1, -0.05) is 12.1 Å². The topological polar surface area (TPSA) is 47.4 Å². The Kier molecular flexibility index (Phi) is 5.43. The first-order chi connectivity index (χ1) is 14.3. The fourth-order valence-electron chi connectivity index (χ4n) is 3.93. The van der Waals surface area contributed by atoms with Gasteiger partial charge in [-0.05, 0) is 75.2 Å². The van der Waals surface area contributed by atoms with Crippen molar-refractivity contribution in [1.82, 2.24) is 14.7 Å². The van der Waals surface area contributed by atoms with Gasteiger partial charge < -0.3 is 9.64 Å². The minimum absolute atomic E-state index is 0.0219. The summed E-state index contributed by atoms with van der Waals surface area (Å²) in [5.74, 6) is -0.390. The third-order valence-corrected chi connectivity index (χ3v) is 5.37. The molecule has 3 aromatic rings. The van der Waals surface area contributed by atoms with Gasteiger partial charge in [0.1, 0.15) is 11.5 Å². The van der Waals surface area contributed by atoms with Crippen LogP contribution < -0.4 is 0 Å². The Morgan fingerprint density at radius 1 is 1.03 bits per heavy atom. The average molecular weight is 407 g/mol. The van der Waals surface area contributed by atoms with Crippen LogP contribution in [0.1, 0.15) is 35.5 Å². The van der Waals surface area contributed by atoms with E-state index >= 15 is 0 Å². The van der Waals surface area contributed by atoms with Gasteiger partial charge in [0.05, 0.1) is 23.6 Å². The van der Waals surface area contributed by atoms with Crippen LogP contribution in [0.25, 0.3) is 16.9 Å². The van der Waals surface area contributed by atoms with Crippen LogP contribution in [0.3, 0.4) is 0 Å². The molecule has 0 aliphatic carbocycles. The van der Waals surface area contributed by atoms with Crippen LogP contribution >= 0.6 is 0 Å². The van der Waals surface area contributed by atoms with Gasteiger partial charge in [0.25, 0.3) is 5.91 Å². The lowest BCUT2D eigenvalue weighted by molar-refractivity contribution is -0.0588. The summed E-state index contributed by atoms with van der Waals surface area (Å²) in [6.07, 6.45) is -0.0438. The van der Waals surface area contributed by atoms with Gasteiger partial charge >= 0.3 is 0 Å². The van der Waals surface area contributed by atoms with Crippen molar-refractivity contribution in [2.75, 3.05) is 13.1 Å². The van der Waals surface area contributed by atoms with E-state index in [1.807, 2.05) is 50.8 Å². The van der Waals surface area contributed by atoms with Crippen molar-refractivity contribution in [3.8, 4) is 16.9 Å². The summed E-state index contributed by atoms with van der Waals surface area (Å²) < 4.78 is 20.9. The van der Waals surface area contributed by atoms with E-state index in [0.29, 0.717) is 24.5 Å². The zero-order chi connectivity index (χ0) is 21.4. The fourth-order valence-corrected chi connectivity index (χ4v) is 3.93. The lowest BCUT2D eigenvalue weighted by Gasteiger charge is -2.35. The number of hydrogen-bond acceptors (Lipinski definition) is 3.